The maximum Gasteiger partial charge on any atom is 0.341 e. The molecule has 6 heteroatoms. The molecule has 0 spiro atoms. The number of anilines is 2. The number of carbonyl (C=O) groups excluding carboxylic acids is 1. The van der Waals surface area contributed by atoms with Crippen molar-refractivity contribution in [3.8, 4) is 0 Å². The Labute approximate surface area is 118 Å². The van der Waals surface area contributed by atoms with Crippen molar-refractivity contribution in [3.63, 3.8) is 0 Å². The number of aromatic nitrogens is 1. The monoisotopic (exact) mass is 276 g/mol. The molecule has 0 aromatic carbocycles. The molecule has 1 aliphatic heterocycles. The predicted octanol–water partition coefficient (Wildman–Crippen LogP) is 0.735. The molecule has 1 saturated heterocycles. The number of rotatable bonds is 3. The number of nitrogens with two attached hydrogens (primary N) is 1. The molecule has 3 rings (SSSR count). The molecular formula is C14H20N4O2. The van der Waals surface area contributed by atoms with Crippen molar-refractivity contribution in [2.75, 3.05) is 43.9 Å². The van der Waals surface area contributed by atoms with E-state index in [-0.39, 0.29) is 5.97 Å². The summed E-state index contributed by atoms with van der Waals surface area (Å²) in [5.74, 6) is 0.297. The summed E-state index contributed by atoms with van der Waals surface area (Å²) in [4.78, 5) is 20.9. The molecule has 108 valence electrons. The molecule has 6 nitrogen and oxygen atoms in total. The maximum atomic E-state index is 11.9. The first-order valence-electron chi connectivity index (χ1n) is 7.02. The SMILES string of the molecule is COC(=O)c1cc(N)cnc1N1CCN(C2CC2)CC1. The molecule has 1 aromatic heterocycles. The normalized spacial score (nSPS) is 19.9. The van der Waals surface area contributed by atoms with Gasteiger partial charge < -0.3 is 15.4 Å². The van der Waals surface area contributed by atoms with Gasteiger partial charge in [0.1, 0.15) is 11.4 Å². The standard InChI is InChI=1S/C14H20N4O2/c1-20-14(19)12-8-10(15)9-16-13(12)18-6-4-17(5-7-18)11-2-3-11/h8-9,11H,2-7,15H2,1H3. The van der Waals surface area contributed by atoms with Gasteiger partial charge >= 0.3 is 5.97 Å². The molecule has 0 atom stereocenters. The third-order valence-corrected chi connectivity index (χ3v) is 3.97. The molecular weight excluding hydrogens is 256 g/mol. The number of nitrogen functional groups attached to an aromatic ring is 1. The molecule has 1 aromatic rings. The highest BCUT2D eigenvalue weighted by Gasteiger charge is 2.32. The third kappa shape index (κ3) is 2.56. The minimum absolute atomic E-state index is 0.385. The average Bonchev–Trinajstić information content (AvgIpc) is 3.31. The van der Waals surface area contributed by atoms with Crippen molar-refractivity contribution in [1.29, 1.82) is 0 Å². The number of methoxy groups -OCH3 is 1. The number of pyridine rings is 1. The fraction of sp³-hybridized carbons (Fsp3) is 0.571. The number of nitrogens with zero attached hydrogens (tertiary/aromatic N) is 3. The van der Waals surface area contributed by atoms with Crippen LogP contribution in [0, 0.1) is 0 Å². The highest BCUT2D eigenvalue weighted by atomic mass is 16.5. The molecule has 2 fully saturated rings. The van der Waals surface area contributed by atoms with Crippen molar-refractivity contribution < 1.29 is 9.53 Å². The van der Waals surface area contributed by atoms with Crippen LogP contribution in [-0.4, -0.2) is 55.2 Å². The lowest BCUT2D eigenvalue weighted by atomic mass is 10.2. The van der Waals surface area contributed by atoms with E-state index < -0.39 is 0 Å². The van der Waals surface area contributed by atoms with E-state index in [0.717, 1.165) is 32.2 Å². The van der Waals surface area contributed by atoms with Crippen LogP contribution < -0.4 is 10.6 Å². The topological polar surface area (TPSA) is 71.7 Å². The third-order valence-electron chi connectivity index (χ3n) is 3.97. The second kappa shape index (κ2) is 5.28. The molecule has 0 unspecified atom stereocenters. The summed E-state index contributed by atoms with van der Waals surface area (Å²) in [6.45, 7) is 3.82. The van der Waals surface area contributed by atoms with Crippen LogP contribution in [0.5, 0.6) is 0 Å². The molecule has 0 amide bonds. The van der Waals surface area contributed by atoms with Gasteiger partial charge in [0.2, 0.25) is 0 Å². The summed E-state index contributed by atoms with van der Waals surface area (Å²) in [6.07, 6.45) is 4.25. The van der Waals surface area contributed by atoms with Crippen molar-refractivity contribution >= 4 is 17.5 Å². The Bertz CT molecular complexity index is 508. The van der Waals surface area contributed by atoms with E-state index in [9.17, 15) is 4.79 Å². The number of hydrogen-bond donors (Lipinski definition) is 1. The van der Waals surface area contributed by atoms with Gasteiger partial charge in [-0.2, -0.15) is 0 Å². The largest absolute Gasteiger partial charge is 0.465 e. The predicted molar refractivity (Wildman–Crippen MR) is 76.8 cm³/mol. The first-order chi connectivity index (χ1) is 9.69. The first-order valence-corrected chi connectivity index (χ1v) is 7.02. The van der Waals surface area contributed by atoms with Gasteiger partial charge in [-0.25, -0.2) is 9.78 Å². The van der Waals surface area contributed by atoms with Gasteiger partial charge in [0, 0.05) is 32.2 Å². The number of piperazine rings is 1. The van der Waals surface area contributed by atoms with E-state index in [1.807, 2.05) is 0 Å². The summed E-state index contributed by atoms with van der Waals surface area (Å²) in [5.41, 5.74) is 6.65. The van der Waals surface area contributed by atoms with Gasteiger partial charge in [-0.1, -0.05) is 0 Å². The van der Waals surface area contributed by atoms with Gasteiger partial charge in [-0.05, 0) is 18.9 Å². The van der Waals surface area contributed by atoms with Gasteiger partial charge in [0.25, 0.3) is 0 Å². The molecule has 20 heavy (non-hydrogen) atoms. The van der Waals surface area contributed by atoms with E-state index >= 15 is 0 Å². The van der Waals surface area contributed by atoms with Crippen molar-refractivity contribution in [2.24, 2.45) is 0 Å². The molecule has 0 radical (unpaired) electrons. The Balaban J connectivity index is 1.77. The minimum Gasteiger partial charge on any atom is -0.465 e. The second-order valence-corrected chi connectivity index (χ2v) is 5.39. The first kappa shape index (κ1) is 13.2. The summed E-state index contributed by atoms with van der Waals surface area (Å²) in [5, 5.41) is 0. The van der Waals surface area contributed by atoms with Crippen LogP contribution in [0.2, 0.25) is 0 Å². The highest BCUT2D eigenvalue weighted by molar-refractivity contribution is 5.95. The van der Waals surface area contributed by atoms with Crippen LogP contribution in [0.1, 0.15) is 23.2 Å². The fourth-order valence-corrected chi connectivity index (χ4v) is 2.72. The minimum atomic E-state index is -0.385. The lowest BCUT2D eigenvalue weighted by molar-refractivity contribution is 0.0601. The summed E-state index contributed by atoms with van der Waals surface area (Å²) in [6, 6.07) is 2.43. The number of hydrogen-bond acceptors (Lipinski definition) is 6. The van der Waals surface area contributed by atoms with E-state index in [4.69, 9.17) is 10.5 Å². The van der Waals surface area contributed by atoms with Crippen LogP contribution in [0.25, 0.3) is 0 Å². The van der Waals surface area contributed by atoms with Gasteiger partial charge in [0.05, 0.1) is 19.0 Å². The molecule has 1 aliphatic carbocycles. The fourth-order valence-electron chi connectivity index (χ4n) is 2.72. The Morgan fingerprint density at radius 2 is 2.05 bits per heavy atom. The summed E-state index contributed by atoms with van der Waals surface area (Å²) < 4.78 is 4.82. The van der Waals surface area contributed by atoms with E-state index in [1.54, 1.807) is 12.3 Å². The zero-order valence-electron chi connectivity index (χ0n) is 11.7. The molecule has 2 aliphatic rings. The van der Waals surface area contributed by atoms with Crippen molar-refractivity contribution in [3.05, 3.63) is 17.8 Å². The van der Waals surface area contributed by atoms with Crippen LogP contribution in [0.4, 0.5) is 11.5 Å². The number of esters is 1. The Morgan fingerprint density at radius 1 is 1.35 bits per heavy atom. The summed E-state index contributed by atoms with van der Waals surface area (Å²) in [7, 11) is 1.38. The van der Waals surface area contributed by atoms with Crippen LogP contribution >= 0.6 is 0 Å². The van der Waals surface area contributed by atoms with E-state index in [1.165, 1.54) is 20.0 Å². The molecule has 2 N–H and O–H groups in total. The van der Waals surface area contributed by atoms with Crippen LogP contribution in [0.3, 0.4) is 0 Å². The molecule has 2 heterocycles. The van der Waals surface area contributed by atoms with Crippen molar-refractivity contribution in [2.45, 2.75) is 18.9 Å². The van der Waals surface area contributed by atoms with Crippen LogP contribution in [0.15, 0.2) is 12.3 Å². The Hall–Kier alpha value is -1.82. The van der Waals surface area contributed by atoms with E-state index in [0.29, 0.717) is 17.1 Å². The lowest BCUT2D eigenvalue weighted by Crippen LogP contribution is -2.47. The zero-order chi connectivity index (χ0) is 14.1. The van der Waals surface area contributed by atoms with Gasteiger partial charge in [-0.15, -0.1) is 0 Å². The van der Waals surface area contributed by atoms with Crippen LogP contribution in [-0.2, 0) is 4.74 Å². The quantitative estimate of drug-likeness (QED) is 0.821. The molecule has 1 saturated carbocycles. The molecule has 0 bridgehead atoms. The smallest absolute Gasteiger partial charge is 0.341 e. The Kier molecular flexibility index (Phi) is 3.48. The number of carbonyl (C=O) groups is 1. The average molecular weight is 276 g/mol. The highest BCUT2D eigenvalue weighted by Crippen LogP contribution is 2.29. The van der Waals surface area contributed by atoms with Gasteiger partial charge in [-0.3, -0.25) is 4.90 Å². The van der Waals surface area contributed by atoms with Gasteiger partial charge in [0.15, 0.2) is 0 Å². The second-order valence-electron chi connectivity index (χ2n) is 5.39. The summed E-state index contributed by atoms with van der Waals surface area (Å²) >= 11 is 0. The Morgan fingerprint density at radius 3 is 2.65 bits per heavy atom. The zero-order valence-corrected chi connectivity index (χ0v) is 11.7. The number of ether oxygens (including phenoxy) is 1. The lowest BCUT2D eigenvalue weighted by Gasteiger charge is -2.36. The van der Waals surface area contributed by atoms with E-state index in [2.05, 4.69) is 14.8 Å². The van der Waals surface area contributed by atoms with Crippen molar-refractivity contribution in [1.82, 2.24) is 9.88 Å². The maximum absolute atomic E-state index is 11.9.